The Morgan fingerprint density at radius 3 is 2.57 bits per heavy atom. The zero-order valence-electron chi connectivity index (χ0n) is 11.8. The fraction of sp³-hybridized carbons (Fsp3) is 0.200. The third kappa shape index (κ3) is 3.61. The van der Waals surface area contributed by atoms with Crippen molar-refractivity contribution in [1.29, 1.82) is 0 Å². The monoisotopic (exact) mass is 304 g/mol. The van der Waals surface area contributed by atoms with Crippen molar-refractivity contribution < 1.29 is 14.3 Å². The molecule has 0 fully saturated rings. The van der Waals surface area contributed by atoms with E-state index in [1.807, 2.05) is 6.92 Å². The fourth-order valence-electron chi connectivity index (χ4n) is 1.78. The molecule has 110 valence electrons. The average molecular weight is 304 g/mol. The Labute approximate surface area is 126 Å². The van der Waals surface area contributed by atoms with E-state index in [0.29, 0.717) is 28.4 Å². The van der Waals surface area contributed by atoms with E-state index < -0.39 is 5.97 Å². The highest BCUT2D eigenvalue weighted by atomic mass is 32.1. The molecule has 2 rings (SSSR count). The molecule has 1 aromatic carbocycles. The van der Waals surface area contributed by atoms with Crippen LogP contribution in [0.2, 0.25) is 0 Å². The molecule has 0 unspecified atom stereocenters. The minimum atomic E-state index is -0.436. The van der Waals surface area contributed by atoms with Crippen molar-refractivity contribution in [3.05, 3.63) is 46.3 Å². The maximum absolute atomic E-state index is 12.2. The molecule has 1 heterocycles. The molecule has 3 N–H and O–H groups in total. The van der Waals surface area contributed by atoms with Crippen molar-refractivity contribution in [3.8, 4) is 0 Å². The van der Waals surface area contributed by atoms with E-state index in [9.17, 15) is 9.59 Å². The van der Waals surface area contributed by atoms with Gasteiger partial charge in [0.1, 0.15) is 5.00 Å². The Kier molecular flexibility index (Phi) is 4.59. The molecule has 21 heavy (non-hydrogen) atoms. The second kappa shape index (κ2) is 6.41. The third-order valence-corrected chi connectivity index (χ3v) is 3.72. The van der Waals surface area contributed by atoms with Crippen molar-refractivity contribution >= 4 is 33.9 Å². The van der Waals surface area contributed by atoms with Crippen molar-refractivity contribution in [2.24, 2.45) is 0 Å². The lowest BCUT2D eigenvalue weighted by Crippen LogP contribution is -2.14. The molecule has 0 radical (unpaired) electrons. The first-order valence-corrected chi connectivity index (χ1v) is 7.27. The van der Waals surface area contributed by atoms with Crippen LogP contribution < -0.4 is 11.1 Å². The van der Waals surface area contributed by atoms with E-state index in [-0.39, 0.29) is 5.91 Å². The van der Waals surface area contributed by atoms with Crippen LogP contribution in [-0.4, -0.2) is 18.5 Å². The van der Waals surface area contributed by atoms with E-state index in [0.717, 1.165) is 4.88 Å². The highest BCUT2D eigenvalue weighted by Gasteiger charge is 2.18. The molecule has 0 saturated heterocycles. The highest BCUT2D eigenvalue weighted by molar-refractivity contribution is 7.16. The lowest BCUT2D eigenvalue weighted by molar-refractivity contribution is 0.0528. The van der Waals surface area contributed by atoms with Gasteiger partial charge in [0.2, 0.25) is 0 Å². The number of aryl methyl sites for hydroxylation is 1. The van der Waals surface area contributed by atoms with Gasteiger partial charge in [0.15, 0.2) is 0 Å². The lowest BCUT2D eigenvalue weighted by Gasteiger charge is -2.06. The maximum atomic E-state index is 12.2. The summed E-state index contributed by atoms with van der Waals surface area (Å²) in [5.41, 5.74) is 7.03. The summed E-state index contributed by atoms with van der Waals surface area (Å²) in [5, 5.41) is 3.24. The van der Waals surface area contributed by atoms with Gasteiger partial charge >= 0.3 is 5.97 Å². The Morgan fingerprint density at radius 2 is 1.95 bits per heavy atom. The molecule has 0 bridgehead atoms. The van der Waals surface area contributed by atoms with Crippen LogP contribution in [0.4, 0.5) is 10.7 Å². The molecule has 1 aromatic heterocycles. The maximum Gasteiger partial charge on any atom is 0.341 e. The number of nitrogen functional groups attached to an aromatic ring is 1. The minimum absolute atomic E-state index is 0.289. The van der Waals surface area contributed by atoms with E-state index in [2.05, 4.69) is 5.32 Å². The second-order valence-corrected chi connectivity index (χ2v) is 5.65. The minimum Gasteiger partial charge on any atom is -0.462 e. The first-order chi connectivity index (χ1) is 10.0. The van der Waals surface area contributed by atoms with Gasteiger partial charge in [0.25, 0.3) is 5.91 Å². The van der Waals surface area contributed by atoms with Gasteiger partial charge in [-0.15, -0.1) is 11.3 Å². The SMILES string of the molecule is CCOC(=O)c1cc(C)sc1NC(=O)c1ccc(N)cc1. The number of benzene rings is 1. The van der Waals surface area contributed by atoms with Gasteiger partial charge in [0.05, 0.1) is 12.2 Å². The molecular formula is C15H16N2O3S. The molecule has 0 atom stereocenters. The zero-order valence-corrected chi connectivity index (χ0v) is 12.6. The van der Waals surface area contributed by atoms with E-state index in [1.165, 1.54) is 11.3 Å². The molecule has 0 aliphatic carbocycles. The molecule has 1 amide bonds. The number of nitrogens with two attached hydrogens (primary N) is 1. The smallest absolute Gasteiger partial charge is 0.341 e. The number of nitrogens with one attached hydrogen (secondary N) is 1. The summed E-state index contributed by atoms with van der Waals surface area (Å²) in [7, 11) is 0. The van der Waals surface area contributed by atoms with Crippen LogP contribution in [0.1, 0.15) is 32.5 Å². The molecule has 6 heteroatoms. The van der Waals surface area contributed by atoms with Crippen molar-refractivity contribution in [3.63, 3.8) is 0 Å². The first-order valence-electron chi connectivity index (χ1n) is 6.45. The Hall–Kier alpha value is -2.34. The van der Waals surface area contributed by atoms with Crippen molar-refractivity contribution in [2.45, 2.75) is 13.8 Å². The van der Waals surface area contributed by atoms with E-state index >= 15 is 0 Å². The average Bonchev–Trinajstić information content (AvgIpc) is 2.80. The standard InChI is InChI=1S/C15H16N2O3S/c1-3-20-15(19)12-8-9(2)21-14(12)17-13(18)10-4-6-11(16)7-5-10/h4-8H,3,16H2,1-2H3,(H,17,18). The van der Waals surface area contributed by atoms with E-state index in [1.54, 1.807) is 37.3 Å². The summed E-state index contributed by atoms with van der Waals surface area (Å²) in [6.45, 7) is 3.90. The molecule has 5 nitrogen and oxygen atoms in total. The predicted octanol–water partition coefficient (Wildman–Crippen LogP) is 3.07. The largest absolute Gasteiger partial charge is 0.462 e. The number of hydrogen-bond acceptors (Lipinski definition) is 5. The van der Waals surface area contributed by atoms with Gasteiger partial charge < -0.3 is 15.8 Å². The Balaban J connectivity index is 2.21. The summed E-state index contributed by atoms with van der Waals surface area (Å²) in [6, 6.07) is 8.28. The molecular weight excluding hydrogens is 288 g/mol. The number of carbonyl (C=O) groups excluding carboxylic acids is 2. The van der Waals surface area contributed by atoms with Gasteiger partial charge in [-0.25, -0.2) is 4.79 Å². The first kappa shape index (κ1) is 15.1. The quantitative estimate of drug-likeness (QED) is 0.672. The molecule has 0 saturated carbocycles. The van der Waals surface area contributed by atoms with Crippen LogP contribution in [0.25, 0.3) is 0 Å². The normalized spacial score (nSPS) is 10.2. The number of thiophene rings is 1. The van der Waals surface area contributed by atoms with Crippen molar-refractivity contribution in [1.82, 2.24) is 0 Å². The summed E-state index contributed by atoms with van der Waals surface area (Å²) in [6.07, 6.45) is 0. The second-order valence-electron chi connectivity index (χ2n) is 4.40. The van der Waals surface area contributed by atoms with Crippen LogP contribution in [0.5, 0.6) is 0 Å². The van der Waals surface area contributed by atoms with Gasteiger partial charge in [-0.2, -0.15) is 0 Å². The fourth-order valence-corrected chi connectivity index (χ4v) is 2.67. The molecule has 2 aromatic rings. The van der Waals surface area contributed by atoms with E-state index in [4.69, 9.17) is 10.5 Å². The number of esters is 1. The summed E-state index contributed by atoms with van der Waals surface area (Å²) >= 11 is 1.34. The number of ether oxygens (including phenoxy) is 1. The molecule has 0 spiro atoms. The predicted molar refractivity (Wildman–Crippen MR) is 83.8 cm³/mol. The Bertz CT molecular complexity index is 662. The summed E-state index contributed by atoms with van der Waals surface area (Å²) < 4.78 is 4.98. The summed E-state index contributed by atoms with van der Waals surface area (Å²) in [4.78, 5) is 24.9. The number of rotatable bonds is 4. The highest BCUT2D eigenvalue weighted by Crippen LogP contribution is 2.28. The number of amides is 1. The molecule has 0 aliphatic rings. The molecule has 0 aliphatic heterocycles. The van der Waals surface area contributed by atoms with Gasteiger partial charge in [-0.1, -0.05) is 0 Å². The topological polar surface area (TPSA) is 81.4 Å². The number of anilines is 2. The Morgan fingerprint density at radius 1 is 1.29 bits per heavy atom. The zero-order chi connectivity index (χ0) is 15.4. The number of hydrogen-bond donors (Lipinski definition) is 2. The van der Waals surface area contributed by atoms with Gasteiger partial charge in [-0.3, -0.25) is 4.79 Å². The van der Waals surface area contributed by atoms with Gasteiger partial charge in [0, 0.05) is 16.1 Å². The third-order valence-electron chi connectivity index (χ3n) is 2.75. The van der Waals surface area contributed by atoms with Crippen LogP contribution >= 0.6 is 11.3 Å². The summed E-state index contributed by atoms with van der Waals surface area (Å²) in [5.74, 6) is -0.725. The van der Waals surface area contributed by atoms with Crippen LogP contribution in [-0.2, 0) is 4.74 Å². The number of carbonyl (C=O) groups is 2. The van der Waals surface area contributed by atoms with Crippen molar-refractivity contribution in [2.75, 3.05) is 17.7 Å². The lowest BCUT2D eigenvalue weighted by atomic mass is 10.2. The van der Waals surface area contributed by atoms with Crippen LogP contribution in [0.3, 0.4) is 0 Å². The van der Waals surface area contributed by atoms with Crippen LogP contribution in [0.15, 0.2) is 30.3 Å². The van der Waals surface area contributed by atoms with Crippen LogP contribution in [0, 0.1) is 6.92 Å². The van der Waals surface area contributed by atoms with Gasteiger partial charge in [-0.05, 0) is 44.2 Å².